The van der Waals surface area contributed by atoms with Crippen LogP contribution in [-0.4, -0.2) is 0 Å². The number of anilines is 3. The van der Waals surface area contributed by atoms with Crippen molar-refractivity contribution in [1.82, 2.24) is 0 Å². The Balaban J connectivity index is 1.19. The highest BCUT2D eigenvalue weighted by atomic mass is 15.1. The summed E-state index contributed by atoms with van der Waals surface area (Å²) in [6.45, 7) is 13.5. The lowest BCUT2D eigenvalue weighted by Crippen LogP contribution is -2.12. The Morgan fingerprint density at radius 1 is 0.489 bits per heavy atom. The van der Waals surface area contributed by atoms with E-state index in [2.05, 4.69) is 180 Å². The van der Waals surface area contributed by atoms with Gasteiger partial charge in [-0.3, -0.25) is 0 Å². The number of aryl methyl sites for hydroxylation is 1. The maximum absolute atomic E-state index is 2.41. The van der Waals surface area contributed by atoms with Gasteiger partial charge in [-0.2, -0.15) is 0 Å². The van der Waals surface area contributed by atoms with Crippen molar-refractivity contribution < 1.29 is 0 Å². The summed E-state index contributed by atoms with van der Waals surface area (Å²) in [5.41, 5.74) is 15.6. The van der Waals surface area contributed by atoms with Crippen LogP contribution in [0.2, 0.25) is 0 Å². The molecule has 1 aliphatic carbocycles. The van der Waals surface area contributed by atoms with Crippen LogP contribution in [0.1, 0.15) is 57.2 Å². The fourth-order valence-electron chi connectivity index (χ4n) is 7.12. The summed E-state index contributed by atoms with van der Waals surface area (Å²) >= 11 is 0. The molecule has 0 bridgehead atoms. The molecule has 0 unspecified atom stereocenters. The van der Waals surface area contributed by atoms with Gasteiger partial charge in [0.25, 0.3) is 0 Å². The third-order valence-electron chi connectivity index (χ3n) is 10.0. The first-order valence-electron chi connectivity index (χ1n) is 16.9. The molecule has 0 atom stereocenters. The average Bonchev–Trinajstić information content (AvgIpc) is 3.07. The molecule has 0 aliphatic heterocycles. The van der Waals surface area contributed by atoms with E-state index in [-0.39, 0.29) is 5.41 Å². The minimum atomic E-state index is 0.153. The monoisotopic (exact) mass is 607 g/mol. The summed E-state index contributed by atoms with van der Waals surface area (Å²) in [4.78, 5) is 2.41. The predicted molar refractivity (Wildman–Crippen MR) is 204 cm³/mol. The molecule has 0 amide bonds. The van der Waals surface area contributed by atoms with Crippen LogP contribution in [0.5, 0.6) is 0 Å². The highest BCUT2D eigenvalue weighted by Gasteiger charge is 2.25. The van der Waals surface area contributed by atoms with Gasteiger partial charge in [0, 0.05) is 17.1 Å². The Morgan fingerprint density at radius 2 is 1.06 bits per heavy atom. The number of hydrogen-bond donors (Lipinski definition) is 0. The van der Waals surface area contributed by atoms with Gasteiger partial charge >= 0.3 is 0 Å². The SMILES string of the molecule is Cc1ccc(C(C)C)cc1N(c1ccccc1)c1ccc2cc3c(cc2c1)-c1cc2cc(-c4ccc(C(C)(C)C)cc4)ccc2cc1-3. The van der Waals surface area contributed by atoms with Gasteiger partial charge in [-0.1, -0.05) is 107 Å². The molecule has 7 aromatic carbocycles. The van der Waals surface area contributed by atoms with Crippen molar-refractivity contribution in [2.24, 2.45) is 0 Å². The van der Waals surface area contributed by atoms with E-state index in [0.29, 0.717) is 5.92 Å². The normalized spacial score (nSPS) is 12.2. The Kier molecular flexibility index (Phi) is 6.84. The standard InChI is InChI=1S/C46H41N/c1-29(2)32-13-12-30(3)45(28-32)47(39-10-8-7-9-11-39)40-21-18-35-25-42-41-24-34-15-14-33(31-16-19-38(20-17-31)46(4,5)6)22-36(34)26-43(41)44(42)27-37(35)23-40/h7-29H,1-6H3. The second kappa shape index (κ2) is 11.0. The molecular formula is C46H41N. The van der Waals surface area contributed by atoms with Gasteiger partial charge in [-0.25, -0.2) is 0 Å². The van der Waals surface area contributed by atoms with Gasteiger partial charge in [0.2, 0.25) is 0 Å². The van der Waals surface area contributed by atoms with Crippen molar-refractivity contribution in [1.29, 1.82) is 0 Å². The first-order valence-corrected chi connectivity index (χ1v) is 16.9. The van der Waals surface area contributed by atoms with Gasteiger partial charge in [-0.05, 0) is 151 Å². The van der Waals surface area contributed by atoms with Crippen LogP contribution in [0.15, 0.2) is 133 Å². The molecule has 0 aromatic heterocycles. The van der Waals surface area contributed by atoms with Crippen molar-refractivity contribution >= 4 is 38.6 Å². The zero-order valence-corrected chi connectivity index (χ0v) is 28.2. The quantitative estimate of drug-likeness (QED) is 0.188. The molecule has 8 rings (SSSR count). The largest absolute Gasteiger partial charge is 0.310 e. The summed E-state index contributed by atoms with van der Waals surface area (Å²) in [7, 11) is 0. The molecule has 1 aliphatic rings. The summed E-state index contributed by atoms with van der Waals surface area (Å²) in [6.07, 6.45) is 0. The second-order valence-electron chi connectivity index (χ2n) is 14.6. The van der Waals surface area contributed by atoms with Crippen LogP contribution in [-0.2, 0) is 5.41 Å². The molecule has 0 radical (unpaired) electrons. The van der Waals surface area contributed by atoms with Gasteiger partial charge in [0.05, 0.1) is 0 Å². The van der Waals surface area contributed by atoms with E-state index in [1.165, 1.54) is 88.7 Å². The zero-order valence-electron chi connectivity index (χ0n) is 28.2. The maximum atomic E-state index is 2.41. The molecule has 1 heteroatoms. The topological polar surface area (TPSA) is 3.24 Å². The minimum Gasteiger partial charge on any atom is -0.310 e. The molecule has 0 spiro atoms. The van der Waals surface area contributed by atoms with E-state index in [1.54, 1.807) is 0 Å². The Morgan fingerprint density at radius 3 is 1.68 bits per heavy atom. The van der Waals surface area contributed by atoms with E-state index < -0.39 is 0 Å². The van der Waals surface area contributed by atoms with Gasteiger partial charge in [-0.15, -0.1) is 0 Å². The maximum Gasteiger partial charge on any atom is 0.0493 e. The van der Waals surface area contributed by atoms with Crippen LogP contribution < -0.4 is 4.90 Å². The lowest BCUT2D eigenvalue weighted by Gasteiger charge is -2.29. The van der Waals surface area contributed by atoms with Crippen molar-refractivity contribution in [3.63, 3.8) is 0 Å². The lowest BCUT2D eigenvalue weighted by molar-refractivity contribution is 0.590. The van der Waals surface area contributed by atoms with Crippen LogP contribution in [0.25, 0.3) is 54.9 Å². The van der Waals surface area contributed by atoms with Gasteiger partial charge in [0.15, 0.2) is 0 Å². The number of nitrogens with zero attached hydrogens (tertiary/aromatic N) is 1. The van der Waals surface area contributed by atoms with Crippen LogP contribution in [0.4, 0.5) is 17.1 Å². The fourth-order valence-corrected chi connectivity index (χ4v) is 7.12. The van der Waals surface area contributed by atoms with E-state index in [1.807, 2.05) is 0 Å². The number of para-hydroxylation sites is 1. The molecule has 7 aromatic rings. The fraction of sp³-hybridized carbons (Fsp3) is 0.174. The summed E-state index contributed by atoms with van der Waals surface area (Å²) in [5, 5.41) is 5.11. The van der Waals surface area contributed by atoms with Crippen LogP contribution >= 0.6 is 0 Å². The predicted octanol–water partition coefficient (Wildman–Crippen LogP) is 13.5. The van der Waals surface area contributed by atoms with E-state index in [4.69, 9.17) is 0 Å². The molecule has 0 fully saturated rings. The van der Waals surface area contributed by atoms with Gasteiger partial charge < -0.3 is 4.90 Å². The molecule has 0 saturated carbocycles. The minimum absolute atomic E-state index is 0.153. The zero-order chi connectivity index (χ0) is 32.4. The highest BCUT2D eigenvalue weighted by molar-refractivity contribution is 6.12. The number of hydrogen-bond acceptors (Lipinski definition) is 1. The third kappa shape index (κ3) is 5.11. The first-order chi connectivity index (χ1) is 22.6. The molecule has 230 valence electrons. The Labute approximate surface area is 279 Å². The van der Waals surface area contributed by atoms with Crippen LogP contribution in [0.3, 0.4) is 0 Å². The summed E-state index contributed by atoms with van der Waals surface area (Å²) < 4.78 is 0. The summed E-state index contributed by atoms with van der Waals surface area (Å²) in [5.74, 6) is 0.462. The number of fused-ring (bicyclic) bond motifs is 6. The number of benzene rings is 7. The summed E-state index contributed by atoms with van der Waals surface area (Å²) in [6, 6.07) is 50.1. The Bertz CT molecular complexity index is 2300. The molecule has 0 N–H and O–H groups in total. The molecular weight excluding hydrogens is 567 g/mol. The molecule has 0 heterocycles. The molecule has 0 saturated heterocycles. The van der Waals surface area contributed by atoms with E-state index in [9.17, 15) is 0 Å². The first kappa shape index (κ1) is 29.3. The smallest absolute Gasteiger partial charge is 0.0493 e. The highest BCUT2D eigenvalue weighted by Crippen LogP contribution is 2.51. The van der Waals surface area contributed by atoms with Crippen molar-refractivity contribution in [2.75, 3.05) is 4.90 Å². The molecule has 47 heavy (non-hydrogen) atoms. The lowest BCUT2D eigenvalue weighted by atomic mass is 9.77. The van der Waals surface area contributed by atoms with Gasteiger partial charge in [0.1, 0.15) is 0 Å². The van der Waals surface area contributed by atoms with E-state index in [0.717, 1.165) is 0 Å². The van der Waals surface area contributed by atoms with Crippen molar-refractivity contribution in [3.8, 4) is 33.4 Å². The number of rotatable bonds is 5. The molecule has 1 nitrogen and oxygen atoms in total. The third-order valence-corrected chi connectivity index (χ3v) is 10.0. The average molecular weight is 608 g/mol. The second-order valence-corrected chi connectivity index (χ2v) is 14.6. The Hall–Kier alpha value is -5.14. The van der Waals surface area contributed by atoms with Crippen molar-refractivity contribution in [2.45, 2.75) is 52.9 Å². The van der Waals surface area contributed by atoms with Crippen molar-refractivity contribution in [3.05, 3.63) is 150 Å². The van der Waals surface area contributed by atoms with Crippen LogP contribution in [0, 0.1) is 6.92 Å². The van der Waals surface area contributed by atoms with E-state index >= 15 is 0 Å².